The molecule has 29 heavy (non-hydrogen) atoms. The van der Waals surface area contributed by atoms with Gasteiger partial charge in [-0.3, -0.25) is 9.59 Å². The summed E-state index contributed by atoms with van der Waals surface area (Å²) < 4.78 is 5.46. The lowest BCUT2D eigenvalue weighted by Crippen LogP contribution is -2.53. The summed E-state index contributed by atoms with van der Waals surface area (Å²) in [4.78, 5) is 28.8. The van der Waals surface area contributed by atoms with Crippen LogP contribution in [0.2, 0.25) is 0 Å². The third-order valence-corrected chi connectivity index (χ3v) is 5.56. The molecular formula is C21H31N3O5. The Bertz CT molecular complexity index is 666. The number of benzene rings is 1. The lowest BCUT2D eigenvalue weighted by Gasteiger charge is -2.30. The third kappa shape index (κ3) is 5.91. The summed E-state index contributed by atoms with van der Waals surface area (Å²) in [5.41, 5.74) is 0. The molecule has 160 valence electrons. The number of para-hydroxylation sites is 1. The topological polar surface area (TPSA) is 102 Å². The maximum absolute atomic E-state index is 12.7. The monoisotopic (exact) mass is 405 g/mol. The van der Waals surface area contributed by atoms with Crippen LogP contribution >= 0.6 is 0 Å². The molecule has 0 aromatic heterocycles. The second-order valence-electron chi connectivity index (χ2n) is 7.68. The highest BCUT2D eigenvalue weighted by atomic mass is 16.5. The summed E-state index contributed by atoms with van der Waals surface area (Å²) in [7, 11) is 0. The van der Waals surface area contributed by atoms with E-state index in [-0.39, 0.29) is 19.2 Å². The molecule has 2 saturated heterocycles. The van der Waals surface area contributed by atoms with Crippen LogP contribution in [0.4, 0.5) is 0 Å². The van der Waals surface area contributed by atoms with Crippen molar-refractivity contribution in [1.29, 1.82) is 0 Å². The molecule has 0 saturated carbocycles. The van der Waals surface area contributed by atoms with Crippen LogP contribution in [0, 0.1) is 0 Å². The summed E-state index contributed by atoms with van der Waals surface area (Å²) >= 11 is 0. The lowest BCUT2D eigenvalue weighted by atomic mass is 10.1. The molecule has 3 rings (SSSR count). The molecular weight excluding hydrogens is 374 g/mol. The van der Waals surface area contributed by atoms with Gasteiger partial charge in [0.1, 0.15) is 12.4 Å². The molecule has 3 N–H and O–H groups in total. The van der Waals surface area contributed by atoms with Gasteiger partial charge in [0.05, 0.1) is 6.54 Å². The number of rotatable bonds is 9. The quantitative estimate of drug-likeness (QED) is 0.500. The summed E-state index contributed by atoms with van der Waals surface area (Å²) in [6.07, 6.45) is 0.549. The Hall–Kier alpha value is -2.16. The first kappa shape index (κ1) is 21.5. The van der Waals surface area contributed by atoms with E-state index in [4.69, 9.17) is 4.74 Å². The van der Waals surface area contributed by atoms with Crippen molar-refractivity contribution in [1.82, 2.24) is 15.1 Å². The zero-order valence-corrected chi connectivity index (χ0v) is 16.7. The van der Waals surface area contributed by atoms with Gasteiger partial charge in [-0.15, -0.1) is 0 Å². The number of nitrogens with one attached hydrogen (secondary N) is 1. The van der Waals surface area contributed by atoms with Gasteiger partial charge >= 0.3 is 0 Å². The maximum atomic E-state index is 12.7. The normalized spacial score (nSPS) is 21.7. The number of aliphatic hydroxyl groups is 2. The number of hydrogen-bond acceptors (Lipinski definition) is 6. The standard InChI is InChI=1S/C21H31N3O5/c25-18(20(27)22-10-14-29-17-8-2-1-3-9-17)19(26)21(28)24-13-6-7-16(24)15-23-11-4-5-12-23/h1-3,8-9,16,18-19,25-26H,4-7,10-15H2,(H,22,27)/t16-,18?,19?/m0/s1. The van der Waals surface area contributed by atoms with Crippen molar-refractivity contribution in [3.8, 4) is 5.75 Å². The highest BCUT2D eigenvalue weighted by Gasteiger charge is 2.38. The summed E-state index contributed by atoms with van der Waals surface area (Å²) in [6.45, 7) is 3.79. The lowest BCUT2D eigenvalue weighted by molar-refractivity contribution is -0.153. The van der Waals surface area contributed by atoms with E-state index >= 15 is 0 Å². The van der Waals surface area contributed by atoms with Crippen molar-refractivity contribution >= 4 is 11.8 Å². The van der Waals surface area contributed by atoms with Crippen molar-refractivity contribution in [2.24, 2.45) is 0 Å². The van der Waals surface area contributed by atoms with Crippen molar-refractivity contribution in [2.45, 2.75) is 43.9 Å². The third-order valence-electron chi connectivity index (χ3n) is 5.56. The van der Waals surface area contributed by atoms with Gasteiger partial charge in [-0.1, -0.05) is 18.2 Å². The van der Waals surface area contributed by atoms with Gasteiger partial charge in [-0.25, -0.2) is 0 Å². The van der Waals surface area contributed by atoms with E-state index in [9.17, 15) is 19.8 Å². The Kier molecular flexibility index (Phi) is 7.85. The van der Waals surface area contributed by atoms with Crippen LogP contribution in [0.5, 0.6) is 5.75 Å². The molecule has 2 unspecified atom stereocenters. The number of amides is 2. The molecule has 2 amide bonds. The fraction of sp³-hybridized carbons (Fsp3) is 0.619. The first-order chi connectivity index (χ1) is 14.1. The molecule has 0 aliphatic carbocycles. The average molecular weight is 405 g/mol. The van der Waals surface area contributed by atoms with Crippen molar-refractivity contribution in [3.63, 3.8) is 0 Å². The summed E-state index contributed by atoms with van der Waals surface area (Å²) in [5.74, 6) is -0.678. The Balaban J connectivity index is 1.43. The highest BCUT2D eigenvalue weighted by Crippen LogP contribution is 2.21. The van der Waals surface area contributed by atoms with E-state index in [2.05, 4.69) is 10.2 Å². The predicted molar refractivity (Wildman–Crippen MR) is 107 cm³/mol. The Morgan fingerprint density at radius 1 is 1.07 bits per heavy atom. The smallest absolute Gasteiger partial charge is 0.254 e. The Morgan fingerprint density at radius 2 is 1.79 bits per heavy atom. The van der Waals surface area contributed by atoms with Crippen LogP contribution < -0.4 is 10.1 Å². The first-order valence-electron chi connectivity index (χ1n) is 10.4. The molecule has 2 aliphatic heterocycles. The first-order valence-corrected chi connectivity index (χ1v) is 10.4. The number of carbonyl (C=O) groups is 2. The van der Waals surface area contributed by atoms with Gasteiger partial charge in [-0.2, -0.15) is 0 Å². The van der Waals surface area contributed by atoms with E-state index in [0.717, 1.165) is 32.5 Å². The molecule has 0 spiro atoms. The fourth-order valence-electron chi connectivity index (χ4n) is 3.99. The van der Waals surface area contributed by atoms with Gasteiger partial charge in [0.25, 0.3) is 11.8 Å². The molecule has 1 aromatic rings. The number of likely N-dealkylation sites (tertiary alicyclic amines) is 2. The second kappa shape index (κ2) is 10.6. The second-order valence-corrected chi connectivity index (χ2v) is 7.68. The van der Waals surface area contributed by atoms with Crippen LogP contribution in [0.1, 0.15) is 25.7 Å². The van der Waals surface area contributed by atoms with E-state index < -0.39 is 24.0 Å². The number of ether oxygens (including phenoxy) is 1. The predicted octanol–water partition coefficient (Wildman–Crippen LogP) is -0.00980. The van der Waals surface area contributed by atoms with Gasteiger partial charge in [-0.05, 0) is 50.9 Å². The van der Waals surface area contributed by atoms with Crippen LogP contribution in [0.3, 0.4) is 0 Å². The molecule has 2 fully saturated rings. The van der Waals surface area contributed by atoms with Gasteiger partial charge in [0.15, 0.2) is 12.2 Å². The fourth-order valence-corrected chi connectivity index (χ4v) is 3.99. The Morgan fingerprint density at radius 3 is 2.52 bits per heavy atom. The van der Waals surface area contributed by atoms with Crippen LogP contribution in [0.25, 0.3) is 0 Å². The van der Waals surface area contributed by atoms with Crippen LogP contribution in [0.15, 0.2) is 30.3 Å². The van der Waals surface area contributed by atoms with E-state index in [0.29, 0.717) is 12.3 Å². The van der Waals surface area contributed by atoms with Gasteiger partial charge in [0.2, 0.25) is 0 Å². The summed E-state index contributed by atoms with van der Waals surface area (Å²) in [5, 5.41) is 22.9. The number of aliphatic hydroxyl groups excluding tert-OH is 2. The highest BCUT2D eigenvalue weighted by molar-refractivity contribution is 5.90. The number of hydrogen-bond donors (Lipinski definition) is 3. The summed E-state index contributed by atoms with van der Waals surface area (Å²) in [6, 6.07) is 9.19. The van der Waals surface area contributed by atoms with Crippen LogP contribution in [-0.2, 0) is 9.59 Å². The minimum Gasteiger partial charge on any atom is -0.492 e. The van der Waals surface area contributed by atoms with Crippen molar-refractivity contribution in [3.05, 3.63) is 30.3 Å². The zero-order valence-electron chi connectivity index (χ0n) is 16.7. The average Bonchev–Trinajstić information content (AvgIpc) is 3.42. The van der Waals surface area contributed by atoms with Crippen LogP contribution in [-0.4, -0.2) is 89.4 Å². The molecule has 0 radical (unpaired) electrons. The van der Waals surface area contributed by atoms with Gasteiger partial charge in [0, 0.05) is 19.1 Å². The molecule has 0 bridgehead atoms. The van der Waals surface area contributed by atoms with Crippen molar-refractivity contribution < 1.29 is 24.5 Å². The van der Waals surface area contributed by atoms with Gasteiger partial charge < -0.3 is 30.1 Å². The van der Waals surface area contributed by atoms with E-state index in [1.54, 1.807) is 17.0 Å². The number of carbonyl (C=O) groups excluding carboxylic acids is 2. The van der Waals surface area contributed by atoms with E-state index in [1.165, 1.54) is 12.8 Å². The minimum absolute atomic E-state index is 0.0322. The number of nitrogens with zero attached hydrogens (tertiary/aromatic N) is 2. The molecule has 2 heterocycles. The zero-order chi connectivity index (χ0) is 20.6. The van der Waals surface area contributed by atoms with Crippen molar-refractivity contribution in [2.75, 3.05) is 39.3 Å². The minimum atomic E-state index is -1.80. The molecule has 2 aliphatic rings. The SMILES string of the molecule is O=C(NCCOc1ccccc1)C(O)C(O)C(=O)N1CCC[C@H]1CN1CCCC1. The molecule has 1 aromatic carbocycles. The largest absolute Gasteiger partial charge is 0.492 e. The Labute approximate surface area is 171 Å². The molecule has 8 nitrogen and oxygen atoms in total. The molecule has 3 atom stereocenters. The van der Waals surface area contributed by atoms with E-state index in [1.807, 2.05) is 18.2 Å². The molecule has 8 heteroatoms. The maximum Gasteiger partial charge on any atom is 0.254 e.